The van der Waals surface area contributed by atoms with Gasteiger partial charge in [-0.05, 0) is 37.9 Å². The molecule has 1 fully saturated rings. The number of para-hydroxylation sites is 1. The summed E-state index contributed by atoms with van der Waals surface area (Å²) in [6, 6.07) is 7.18. The van der Waals surface area contributed by atoms with Gasteiger partial charge in [-0.25, -0.2) is 0 Å². The van der Waals surface area contributed by atoms with Gasteiger partial charge in [0.15, 0.2) is 0 Å². The molecule has 1 aromatic rings. The number of amides is 1. The Hall–Kier alpha value is -1.55. The van der Waals surface area contributed by atoms with Gasteiger partial charge >= 0.3 is 0 Å². The molecule has 20 heavy (non-hydrogen) atoms. The van der Waals surface area contributed by atoms with Crippen LogP contribution in [0.2, 0.25) is 0 Å². The molecule has 1 unspecified atom stereocenters. The van der Waals surface area contributed by atoms with E-state index in [9.17, 15) is 9.90 Å². The van der Waals surface area contributed by atoms with Gasteiger partial charge in [-0.3, -0.25) is 4.79 Å². The van der Waals surface area contributed by atoms with Crippen molar-refractivity contribution in [3.63, 3.8) is 0 Å². The van der Waals surface area contributed by atoms with Crippen LogP contribution in [0.25, 0.3) is 0 Å². The Bertz CT molecular complexity index is 442. The highest BCUT2D eigenvalue weighted by Crippen LogP contribution is 2.19. The number of nitrogens with one attached hydrogen (secondary N) is 1. The number of unbranched alkanes of at least 4 members (excludes halogenated alkanes) is 1. The van der Waals surface area contributed by atoms with E-state index in [4.69, 9.17) is 0 Å². The smallest absolute Gasteiger partial charge is 0.257 e. The summed E-state index contributed by atoms with van der Waals surface area (Å²) in [5.41, 5.74) is 0.404. The van der Waals surface area contributed by atoms with Crippen LogP contribution >= 0.6 is 0 Å². The molecule has 110 valence electrons. The molecular weight excluding hydrogens is 252 g/mol. The summed E-state index contributed by atoms with van der Waals surface area (Å²) in [4.78, 5) is 14.5. The Morgan fingerprint density at radius 2 is 2.25 bits per heavy atom. The second-order valence-corrected chi connectivity index (χ2v) is 5.42. The lowest BCUT2D eigenvalue weighted by Crippen LogP contribution is -2.41. The molecule has 0 spiro atoms. The minimum Gasteiger partial charge on any atom is -0.507 e. The molecule has 0 aliphatic carbocycles. The molecule has 2 N–H and O–H groups in total. The number of phenolic OH excluding ortho intramolecular Hbond substituents is 1. The molecule has 1 saturated heterocycles. The van der Waals surface area contributed by atoms with Crippen LogP contribution in [0, 0.1) is 0 Å². The minimum absolute atomic E-state index is 0.0646. The Morgan fingerprint density at radius 3 is 2.90 bits per heavy atom. The lowest BCUT2D eigenvalue weighted by molar-refractivity contribution is 0.0736. The maximum absolute atomic E-state index is 12.6. The molecule has 1 aliphatic heterocycles. The van der Waals surface area contributed by atoms with Crippen molar-refractivity contribution in [3.05, 3.63) is 29.8 Å². The quantitative estimate of drug-likeness (QED) is 0.839. The van der Waals surface area contributed by atoms with Crippen LogP contribution in [0.3, 0.4) is 0 Å². The van der Waals surface area contributed by atoms with E-state index in [1.54, 1.807) is 24.3 Å². The number of carbonyl (C=O) groups is 1. The van der Waals surface area contributed by atoms with E-state index in [0.717, 1.165) is 38.9 Å². The molecule has 2 rings (SSSR count). The highest BCUT2D eigenvalue weighted by Gasteiger charge is 2.23. The number of benzene rings is 1. The van der Waals surface area contributed by atoms with Crippen molar-refractivity contribution < 1.29 is 9.90 Å². The van der Waals surface area contributed by atoms with Crippen LogP contribution in [0.5, 0.6) is 5.75 Å². The first-order valence-corrected chi connectivity index (χ1v) is 7.53. The van der Waals surface area contributed by atoms with Gasteiger partial charge in [0.1, 0.15) is 5.75 Å². The van der Waals surface area contributed by atoms with Gasteiger partial charge in [0.2, 0.25) is 0 Å². The number of carbonyl (C=O) groups excluding carboxylic acids is 1. The number of rotatable bonds is 6. The molecule has 1 aliphatic rings. The average molecular weight is 276 g/mol. The summed E-state index contributed by atoms with van der Waals surface area (Å²) in [5.74, 6) is 0.00336. The Balaban J connectivity index is 2.08. The molecule has 1 amide bonds. The highest BCUT2D eigenvalue weighted by atomic mass is 16.3. The summed E-state index contributed by atoms with van der Waals surface area (Å²) < 4.78 is 0. The number of phenols is 1. The molecule has 0 aromatic heterocycles. The Morgan fingerprint density at radius 1 is 1.45 bits per heavy atom. The Labute approximate surface area is 120 Å². The third-order valence-corrected chi connectivity index (χ3v) is 3.81. The topological polar surface area (TPSA) is 52.6 Å². The first-order chi connectivity index (χ1) is 9.72. The maximum Gasteiger partial charge on any atom is 0.257 e. The molecule has 0 radical (unpaired) electrons. The number of hydrogen-bond acceptors (Lipinski definition) is 3. The van der Waals surface area contributed by atoms with E-state index in [1.807, 2.05) is 4.90 Å². The van der Waals surface area contributed by atoms with Crippen molar-refractivity contribution in [1.29, 1.82) is 0 Å². The van der Waals surface area contributed by atoms with Crippen molar-refractivity contribution in [2.45, 2.75) is 38.6 Å². The van der Waals surface area contributed by atoms with E-state index in [-0.39, 0.29) is 11.7 Å². The predicted molar refractivity (Wildman–Crippen MR) is 79.9 cm³/mol. The minimum atomic E-state index is -0.0646. The number of aromatic hydroxyl groups is 1. The van der Waals surface area contributed by atoms with Crippen molar-refractivity contribution in [1.82, 2.24) is 10.2 Å². The highest BCUT2D eigenvalue weighted by molar-refractivity contribution is 5.96. The normalized spacial score (nSPS) is 18.1. The average Bonchev–Trinajstić information content (AvgIpc) is 2.96. The van der Waals surface area contributed by atoms with Crippen molar-refractivity contribution in [3.8, 4) is 5.75 Å². The van der Waals surface area contributed by atoms with Crippen LogP contribution in [0.15, 0.2) is 24.3 Å². The van der Waals surface area contributed by atoms with Crippen molar-refractivity contribution >= 4 is 5.91 Å². The molecule has 1 atom stereocenters. The van der Waals surface area contributed by atoms with Gasteiger partial charge in [-0.1, -0.05) is 25.5 Å². The van der Waals surface area contributed by atoms with E-state index in [1.165, 1.54) is 6.42 Å². The van der Waals surface area contributed by atoms with Gasteiger partial charge in [-0.2, -0.15) is 0 Å². The third kappa shape index (κ3) is 3.73. The fourth-order valence-corrected chi connectivity index (χ4v) is 2.63. The zero-order chi connectivity index (χ0) is 14.4. The first-order valence-electron chi connectivity index (χ1n) is 7.53. The van der Waals surface area contributed by atoms with Gasteiger partial charge in [0.05, 0.1) is 5.56 Å². The van der Waals surface area contributed by atoms with Gasteiger partial charge in [0.25, 0.3) is 5.91 Å². The summed E-state index contributed by atoms with van der Waals surface area (Å²) in [5, 5.41) is 13.3. The van der Waals surface area contributed by atoms with E-state index in [2.05, 4.69) is 12.2 Å². The van der Waals surface area contributed by atoms with Crippen LogP contribution < -0.4 is 5.32 Å². The monoisotopic (exact) mass is 276 g/mol. The molecule has 1 heterocycles. The number of nitrogens with zero attached hydrogens (tertiary/aromatic N) is 1. The predicted octanol–water partition coefficient (Wildman–Crippen LogP) is 2.39. The zero-order valence-electron chi connectivity index (χ0n) is 12.1. The summed E-state index contributed by atoms with van der Waals surface area (Å²) >= 11 is 0. The summed E-state index contributed by atoms with van der Waals surface area (Å²) in [7, 11) is 0. The molecular formula is C16H24N2O2. The molecule has 4 heteroatoms. The van der Waals surface area contributed by atoms with Gasteiger partial charge < -0.3 is 15.3 Å². The summed E-state index contributed by atoms with van der Waals surface area (Å²) in [6.45, 7) is 4.64. The van der Waals surface area contributed by atoms with E-state index >= 15 is 0 Å². The molecule has 0 bridgehead atoms. The third-order valence-electron chi connectivity index (χ3n) is 3.81. The van der Waals surface area contributed by atoms with Gasteiger partial charge in [0, 0.05) is 19.1 Å². The Kier molecular flexibility index (Phi) is 5.41. The summed E-state index contributed by atoms with van der Waals surface area (Å²) in [6.07, 6.45) is 4.35. The lowest BCUT2D eigenvalue weighted by Gasteiger charge is -2.26. The lowest BCUT2D eigenvalue weighted by atomic mass is 10.1. The van der Waals surface area contributed by atoms with Crippen LogP contribution in [-0.2, 0) is 0 Å². The van der Waals surface area contributed by atoms with Crippen LogP contribution in [0.1, 0.15) is 43.0 Å². The van der Waals surface area contributed by atoms with Crippen LogP contribution in [-0.4, -0.2) is 41.6 Å². The molecule has 1 aromatic carbocycles. The van der Waals surface area contributed by atoms with Gasteiger partial charge in [-0.15, -0.1) is 0 Å². The SMILES string of the molecule is CCCCN(CC1CCCN1)C(=O)c1ccccc1O. The maximum atomic E-state index is 12.6. The zero-order valence-corrected chi connectivity index (χ0v) is 12.1. The second-order valence-electron chi connectivity index (χ2n) is 5.42. The largest absolute Gasteiger partial charge is 0.507 e. The van der Waals surface area contributed by atoms with Crippen LogP contribution in [0.4, 0.5) is 0 Å². The van der Waals surface area contributed by atoms with E-state index in [0.29, 0.717) is 11.6 Å². The fraction of sp³-hybridized carbons (Fsp3) is 0.562. The molecule has 4 nitrogen and oxygen atoms in total. The van der Waals surface area contributed by atoms with Crippen molar-refractivity contribution in [2.75, 3.05) is 19.6 Å². The number of hydrogen-bond donors (Lipinski definition) is 2. The first kappa shape index (κ1) is 14.9. The van der Waals surface area contributed by atoms with E-state index < -0.39 is 0 Å². The van der Waals surface area contributed by atoms with Crippen molar-refractivity contribution in [2.24, 2.45) is 0 Å². The standard InChI is InChI=1S/C16H24N2O2/c1-2-3-11-18(12-13-7-6-10-17-13)16(20)14-8-4-5-9-15(14)19/h4-5,8-9,13,17,19H,2-3,6-7,10-12H2,1H3. The molecule has 0 saturated carbocycles. The second kappa shape index (κ2) is 7.29. The fourth-order valence-electron chi connectivity index (χ4n) is 2.63.